The molecule has 0 bridgehead atoms. The molecule has 4 N–H and O–H groups in total. The zero-order chi connectivity index (χ0) is 14.5. The zero-order valence-electron chi connectivity index (χ0n) is 8.83. The SMILES string of the molecule is NC(=O)CC[C@H](NC(=O)C(F)(F)C(F)F)C(=O)O. The van der Waals surface area contributed by atoms with Crippen molar-refractivity contribution in [3.63, 3.8) is 0 Å². The number of carbonyl (C=O) groups excluding carboxylic acids is 2. The number of carboxylic acid groups (broad SMARTS) is 1. The first-order valence-corrected chi connectivity index (χ1v) is 4.57. The lowest BCUT2D eigenvalue weighted by Crippen LogP contribution is -2.51. The van der Waals surface area contributed by atoms with Crippen LogP contribution in [0, 0.1) is 0 Å². The van der Waals surface area contributed by atoms with Crippen LogP contribution in [-0.4, -0.2) is 41.3 Å². The van der Waals surface area contributed by atoms with Crippen molar-refractivity contribution in [2.75, 3.05) is 0 Å². The molecule has 1 atom stereocenters. The van der Waals surface area contributed by atoms with Crippen LogP contribution in [0.3, 0.4) is 0 Å². The molecule has 0 aliphatic carbocycles. The normalized spacial score (nSPS) is 13.2. The molecule has 0 fully saturated rings. The van der Waals surface area contributed by atoms with E-state index in [1.54, 1.807) is 0 Å². The quantitative estimate of drug-likeness (QED) is 0.555. The van der Waals surface area contributed by atoms with Crippen LogP contribution >= 0.6 is 0 Å². The highest BCUT2D eigenvalue weighted by atomic mass is 19.3. The lowest BCUT2D eigenvalue weighted by molar-refractivity contribution is -0.171. The second kappa shape index (κ2) is 6.17. The van der Waals surface area contributed by atoms with Crippen molar-refractivity contribution in [1.29, 1.82) is 0 Å². The Kier molecular flexibility index (Phi) is 5.53. The van der Waals surface area contributed by atoms with Gasteiger partial charge in [0, 0.05) is 6.42 Å². The molecule has 0 aromatic heterocycles. The standard InChI is InChI=1S/C8H10F4N2O4/c9-6(10)8(11,12)7(18)14-3(5(16)17)1-2-4(13)15/h3,6H,1-2H2,(H2,13,15)(H,14,18)(H,16,17)/t3-/m0/s1. The number of alkyl halides is 4. The van der Waals surface area contributed by atoms with Crippen molar-refractivity contribution in [2.45, 2.75) is 31.2 Å². The van der Waals surface area contributed by atoms with E-state index >= 15 is 0 Å². The summed E-state index contributed by atoms with van der Waals surface area (Å²) in [6, 6.07) is -1.89. The third-order valence-electron chi connectivity index (χ3n) is 1.86. The molecule has 0 radical (unpaired) electrons. The van der Waals surface area contributed by atoms with Gasteiger partial charge >= 0.3 is 18.3 Å². The second-order valence-electron chi connectivity index (χ2n) is 3.29. The van der Waals surface area contributed by atoms with Crippen LogP contribution in [0.25, 0.3) is 0 Å². The average Bonchev–Trinajstić information content (AvgIpc) is 2.22. The number of nitrogens with two attached hydrogens (primary N) is 1. The van der Waals surface area contributed by atoms with Gasteiger partial charge in [-0.2, -0.15) is 8.78 Å². The Bertz CT molecular complexity index is 348. The summed E-state index contributed by atoms with van der Waals surface area (Å²) in [7, 11) is 0. The van der Waals surface area contributed by atoms with Crippen molar-refractivity contribution >= 4 is 17.8 Å². The van der Waals surface area contributed by atoms with Gasteiger partial charge < -0.3 is 16.2 Å². The third kappa shape index (κ3) is 4.55. The molecule has 0 aliphatic rings. The molecule has 0 heterocycles. The van der Waals surface area contributed by atoms with Gasteiger partial charge in [-0.05, 0) is 6.42 Å². The first-order chi connectivity index (χ1) is 8.09. The minimum Gasteiger partial charge on any atom is -0.480 e. The van der Waals surface area contributed by atoms with Gasteiger partial charge in [-0.15, -0.1) is 0 Å². The molecule has 0 unspecified atom stereocenters. The summed E-state index contributed by atoms with van der Waals surface area (Å²) in [6.45, 7) is 0. The summed E-state index contributed by atoms with van der Waals surface area (Å²) in [6.07, 6.45) is -5.34. The Morgan fingerprint density at radius 1 is 1.28 bits per heavy atom. The summed E-state index contributed by atoms with van der Waals surface area (Å²) in [5.41, 5.74) is 4.69. The average molecular weight is 274 g/mol. The van der Waals surface area contributed by atoms with Gasteiger partial charge in [0.25, 0.3) is 5.91 Å². The molecule has 10 heteroatoms. The second-order valence-corrected chi connectivity index (χ2v) is 3.29. The summed E-state index contributed by atoms with van der Waals surface area (Å²) in [5.74, 6) is -10.1. The molecule has 0 saturated heterocycles. The molecular weight excluding hydrogens is 264 g/mol. The number of hydrogen-bond donors (Lipinski definition) is 3. The molecule has 0 spiro atoms. The number of carboxylic acids is 1. The molecule has 104 valence electrons. The molecule has 0 aliphatic heterocycles. The molecule has 0 rings (SSSR count). The topological polar surface area (TPSA) is 109 Å². The van der Waals surface area contributed by atoms with Gasteiger partial charge in [-0.1, -0.05) is 0 Å². The molecule has 0 saturated carbocycles. The molecule has 0 aromatic rings. The van der Waals surface area contributed by atoms with Gasteiger partial charge in [0.05, 0.1) is 0 Å². The summed E-state index contributed by atoms with van der Waals surface area (Å²) >= 11 is 0. The van der Waals surface area contributed by atoms with Crippen LogP contribution in [0.4, 0.5) is 17.6 Å². The lowest BCUT2D eigenvalue weighted by Gasteiger charge is -2.18. The van der Waals surface area contributed by atoms with Crippen LogP contribution in [-0.2, 0) is 14.4 Å². The van der Waals surface area contributed by atoms with E-state index in [2.05, 4.69) is 0 Å². The van der Waals surface area contributed by atoms with E-state index in [-0.39, 0.29) is 0 Å². The van der Waals surface area contributed by atoms with Gasteiger partial charge in [-0.25, -0.2) is 13.6 Å². The van der Waals surface area contributed by atoms with Gasteiger partial charge in [0.1, 0.15) is 6.04 Å². The third-order valence-corrected chi connectivity index (χ3v) is 1.86. The summed E-state index contributed by atoms with van der Waals surface area (Å²) < 4.78 is 48.6. The number of primary amides is 1. The van der Waals surface area contributed by atoms with E-state index in [0.717, 1.165) is 0 Å². The van der Waals surface area contributed by atoms with Crippen molar-refractivity contribution in [3.8, 4) is 0 Å². The van der Waals surface area contributed by atoms with E-state index in [0.29, 0.717) is 0 Å². The number of halogens is 4. The van der Waals surface area contributed by atoms with E-state index in [1.807, 2.05) is 0 Å². The van der Waals surface area contributed by atoms with Crippen molar-refractivity contribution in [2.24, 2.45) is 5.73 Å². The Morgan fingerprint density at radius 3 is 2.11 bits per heavy atom. The molecular formula is C8H10F4N2O4. The van der Waals surface area contributed by atoms with E-state index < -0.39 is 49.0 Å². The van der Waals surface area contributed by atoms with E-state index in [4.69, 9.17) is 10.8 Å². The minimum absolute atomic E-state index is 0.502. The number of rotatable bonds is 7. The fourth-order valence-corrected chi connectivity index (χ4v) is 0.898. The van der Waals surface area contributed by atoms with Crippen LogP contribution in [0.1, 0.15) is 12.8 Å². The van der Waals surface area contributed by atoms with E-state index in [9.17, 15) is 31.9 Å². The van der Waals surface area contributed by atoms with Crippen LogP contribution < -0.4 is 11.1 Å². The van der Waals surface area contributed by atoms with E-state index in [1.165, 1.54) is 5.32 Å². The van der Waals surface area contributed by atoms with Gasteiger partial charge in [0.2, 0.25) is 5.91 Å². The van der Waals surface area contributed by atoms with Crippen LogP contribution in [0.5, 0.6) is 0 Å². The molecule has 0 aromatic carbocycles. The van der Waals surface area contributed by atoms with Crippen molar-refractivity contribution in [1.82, 2.24) is 5.32 Å². The summed E-state index contributed by atoms with van der Waals surface area (Å²) in [5, 5.41) is 9.76. The van der Waals surface area contributed by atoms with Crippen molar-refractivity contribution < 1.29 is 37.1 Å². The van der Waals surface area contributed by atoms with Crippen LogP contribution in [0.2, 0.25) is 0 Å². The maximum Gasteiger partial charge on any atom is 0.383 e. The highest BCUT2D eigenvalue weighted by Gasteiger charge is 2.49. The monoisotopic (exact) mass is 274 g/mol. The number of carbonyl (C=O) groups is 3. The lowest BCUT2D eigenvalue weighted by atomic mass is 10.1. The Balaban J connectivity index is 4.65. The molecule has 18 heavy (non-hydrogen) atoms. The fraction of sp³-hybridized carbons (Fsp3) is 0.625. The Labute approximate surface area is 98.1 Å². The summed E-state index contributed by atoms with van der Waals surface area (Å²) in [4.78, 5) is 31.7. The minimum atomic E-state index is -5.00. The predicted molar refractivity (Wildman–Crippen MR) is 48.9 cm³/mol. The Morgan fingerprint density at radius 2 is 1.78 bits per heavy atom. The number of amides is 2. The maximum atomic E-state index is 12.5. The molecule has 6 nitrogen and oxygen atoms in total. The van der Waals surface area contributed by atoms with Gasteiger partial charge in [0.15, 0.2) is 0 Å². The highest BCUT2D eigenvalue weighted by Crippen LogP contribution is 2.23. The predicted octanol–water partition coefficient (Wildman–Crippen LogP) is -0.278. The first-order valence-electron chi connectivity index (χ1n) is 4.57. The smallest absolute Gasteiger partial charge is 0.383 e. The number of aliphatic carboxylic acids is 1. The maximum absolute atomic E-state index is 12.5. The first kappa shape index (κ1) is 16.1. The van der Waals surface area contributed by atoms with Gasteiger partial charge in [-0.3, -0.25) is 9.59 Å². The van der Waals surface area contributed by atoms with Crippen molar-refractivity contribution in [3.05, 3.63) is 0 Å². The molecule has 2 amide bonds. The fourth-order valence-electron chi connectivity index (χ4n) is 0.898. The zero-order valence-corrected chi connectivity index (χ0v) is 8.83. The number of nitrogens with one attached hydrogen (secondary N) is 1. The number of hydrogen-bond acceptors (Lipinski definition) is 3. The Hall–Kier alpha value is -1.87. The highest BCUT2D eigenvalue weighted by molar-refractivity contribution is 5.88. The largest absolute Gasteiger partial charge is 0.480 e. The van der Waals surface area contributed by atoms with Crippen LogP contribution in [0.15, 0.2) is 0 Å².